The summed E-state index contributed by atoms with van der Waals surface area (Å²) in [4.78, 5) is 12.3. The van der Waals surface area contributed by atoms with Crippen LogP contribution in [0.2, 0.25) is 0 Å². The Hall–Kier alpha value is -3.19. The van der Waals surface area contributed by atoms with E-state index in [4.69, 9.17) is 5.73 Å². The maximum absolute atomic E-state index is 13.2. The fraction of sp³-hybridized carbons (Fsp3) is 0.100. The molecule has 2 aromatic carbocycles. The van der Waals surface area contributed by atoms with Gasteiger partial charge < -0.3 is 10.7 Å². The molecule has 2 aromatic heterocycles. The van der Waals surface area contributed by atoms with Crippen LogP contribution >= 0.6 is 0 Å². The summed E-state index contributed by atoms with van der Waals surface area (Å²) in [6.45, 7) is 1.93. The van der Waals surface area contributed by atoms with Crippen molar-refractivity contribution in [3.63, 3.8) is 0 Å². The van der Waals surface area contributed by atoms with Crippen molar-refractivity contribution in [2.24, 2.45) is 0 Å². The van der Waals surface area contributed by atoms with Gasteiger partial charge in [-0.3, -0.25) is 0 Å². The van der Waals surface area contributed by atoms with Gasteiger partial charge in [0, 0.05) is 12.0 Å². The Morgan fingerprint density at radius 3 is 2.22 bits per heavy atom. The number of nitrogens with two attached hydrogens (primary N) is 1. The Kier molecular flexibility index (Phi) is 4.16. The van der Waals surface area contributed by atoms with E-state index in [1.54, 1.807) is 30.3 Å². The van der Waals surface area contributed by atoms with Crippen LogP contribution in [0.4, 0.5) is 5.82 Å². The minimum absolute atomic E-state index is 0.00187. The number of aromatic amines is 1. The molecule has 0 fully saturated rings. The molecule has 0 aliphatic carbocycles. The first-order valence-electron chi connectivity index (χ1n) is 8.56. The molecule has 0 bridgehead atoms. The van der Waals surface area contributed by atoms with Crippen LogP contribution in [0.5, 0.6) is 0 Å². The zero-order valence-corrected chi connectivity index (χ0v) is 15.5. The molecule has 0 aliphatic heterocycles. The van der Waals surface area contributed by atoms with Crippen molar-refractivity contribution in [3.8, 4) is 11.3 Å². The number of aryl methyl sites for hydroxylation is 1. The van der Waals surface area contributed by atoms with E-state index in [9.17, 15) is 8.42 Å². The molecule has 0 aliphatic rings. The molecule has 0 radical (unpaired) electrons. The quantitative estimate of drug-likeness (QED) is 0.565. The number of aromatic nitrogens is 3. The van der Waals surface area contributed by atoms with Crippen molar-refractivity contribution in [3.05, 3.63) is 66.5 Å². The van der Waals surface area contributed by atoms with Gasteiger partial charge in [0.25, 0.3) is 0 Å². The van der Waals surface area contributed by atoms with E-state index in [0.717, 1.165) is 5.56 Å². The van der Waals surface area contributed by atoms with Gasteiger partial charge in [0.1, 0.15) is 22.1 Å². The smallest absolute Gasteiger partial charge is 0.212 e. The predicted molar refractivity (Wildman–Crippen MR) is 105 cm³/mol. The summed E-state index contributed by atoms with van der Waals surface area (Å²) >= 11 is 0. The molecular formula is C20H18N4O2S. The second-order valence-corrected chi connectivity index (χ2v) is 8.00. The Balaban J connectivity index is 2.06. The number of hydrogen-bond acceptors (Lipinski definition) is 5. The van der Waals surface area contributed by atoms with E-state index < -0.39 is 9.84 Å². The summed E-state index contributed by atoms with van der Waals surface area (Å²) in [5, 5.41) is 0. The van der Waals surface area contributed by atoms with Crippen LogP contribution in [0, 0.1) is 0 Å². The number of fused-ring (bicyclic) bond motifs is 1. The van der Waals surface area contributed by atoms with Crippen molar-refractivity contribution in [2.45, 2.75) is 23.1 Å². The number of rotatable bonds is 4. The van der Waals surface area contributed by atoms with E-state index in [0.29, 0.717) is 29.0 Å². The van der Waals surface area contributed by atoms with E-state index >= 15 is 0 Å². The molecular weight excluding hydrogens is 360 g/mol. The standard InChI is InChI=1S/C20H18N4O2S/c1-2-15-22-16(13-9-5-3-6-10-13)17-18(23-15)19(20(21)24-17)27(25,26)14-11-7-4-8-12-14/h3-12,24H,2,21H2,1H3. The highest BCUT2D eigenvalue weighted by atomic mass is 32.2. The van der Waals surface area contributed by atoms with E-state index in [2.05, 4.69) is 15.0 Å². The molecule has 2 heterocycles. The lowest BCUT2D eigenvalue weighted by Gasteiger charge is -2.07. The highest BCUT2D eigenvalue weighted by Crippen LogP contribution is 2.36. The minimum Gasteiger partial charge on any atom is -0.384 e. The average Bonchev–Trinajstić information content (AvgIpc) is 3.04. The van der Waals surface area contributed by atoms with Gasteiger partial charge in [-0.05, 0) is 12.1 Å². The summed E-state index contributed by atoms with van der Waals surface area (Å²) in [6.07, 6.45) is 0.575. The summed E-state index contributed by atoms with van der Waals surface area (Å²) < 4.78 is 26.4. The molecule has 0 spiro atoms. The zero-order valence-electron chi connectivity index (χ0n) is 14.7. The van der Waals surface area contributed by atoms with E-state index in [-0.39, 0.29) is 15.6 Å². The normalized spacial score (nSPS) is 11.7. The summed E-state index contributed by atoms with van der Waals surface area (Å²) in [7, 11) is -3.82. The molecule has 0 unspecified atom stereocenters. The number of nitrogen functional groups attached to an aromatic ring is 1. The number of hydrogen-bond donors (Lipinski definition) is 2. The summed E-state index contributed by atoms with van der Waals surface area (Å²) in [6, 6.07) is 17.8. The van der Waals surface area contributed by atoms with Crippen LogP contribution in [0.25, 0.3) is 22.3 Å². The number of nitrogens with one attached hydrogen (secondary N) is 1. The fourth-order valence-corrected chi connectivity index (χ4v) is 4.56. The fourth-order valence-electron chi connectivity index (χ4n) is 3.06. The molecule has 136 valence electrons. The number of sulfone groups is 1. The number of nitrogens with zero attached hydrogens (tertiary/aromatic N) is 2. The van der Waals surface area contributed by atoms with Gasteiger partial charge in [-0.15, -0.1) is 0 Å². The third-order valence-electron chi connectivity index (χ3n) is 4.36. The Morgan fingerprint density at radius 1 is 0.963 bits per heavy atom. The van der Waals surface area contributed by atoms with Gasteiger partial charge >= 0.3 is 0 Å². The van der Waals surface area contributed by atoms with E-state index in [1.165, 1.54) is 0 Å². The van der Waals surface area contributed by atoms with E-state index in [1.807, 2.05) is 37.3 Å². The van der Waals surface area contributed by atoms with Gasteiger partial charge in [-0.25, -0.2) is 18.4 Å². The molecule has 7 heteroatoms. The largest absolute Gasteiger partial charge is 0.384 e. The first-order valence-corrected chi connectivity index (χ1v) is 10.0. The molecule has 0 atom stereocenters. The van der Waals surface area contributed by atoms with Gasteiger partial charge in [0.2, 0.25) is 9.84 Å². The lowest BCUT2D eigenvalue weighted by molar-refractivity contribution is 0.597. The van der Waals surface area contributed by atoms with Crippen LogP contribution < -0.4 is 5.73 Å². The van der Waals surface area contributed by atoms with Crippen LogP contribution in [0.15, 0.2) is 70.5 Å². The molecule has 0 saturated heterocycles. The van der Waals surface area contributed by atoms with Gasteiger partial charge in [-0.2, -0.15) is 0 Å². The minimum atomic E-state index is -3.82. The second-order valence-electron chi connectivity index (χ2n) is 6.12. The highest BCUT2D eigenvalue weighted by molar-refractivity contribution is 7.92. The van der Waals surface area contributed by atoms with Crippen molar-refractivity contribution in [1.29, 1.82) is 0 Å². The number of H-pyrrole nitrogens is 1. The average molecular weight is 378 g/mol. The van der Waals surface area contributed by atoms with Gasteiger partial charge in [0.05, 0.1) is 16.1 Å². The highest BCUT2D eigenvalue weighted by Gasteiger charge is 2.28. The first-order chi connectivity index (χ1) is 13.0. The Bertz CT molecular complexity index is 1220. The lowest BCUT2D eigenvalue weighted by Crippen LogP contribution is -2.05. The lowest BCUT2D eigenvalue weighted by atomic mass is 10.1. The SMILES string of the molecule is CCc1nc(-c2ccccc2)c2[nH]c(N)c(S(=O)(=O)c3ccccc3)c2n1. The molecule has 3 N–H and O–H groups in total. The van der Waals surface area contributed by atoms with Gasteiger partial charge in [0.15, 0.2) is 0 Å². The summed E-state index contributed by atoms with van der Waals surface area (Å²) in [5.41, 5.74) is 8.46. The summed E-state index contributed by atoms with van der Waals surface area (Å²) in [5.74, 6) is 0.624. The zero-order chi connectivity index (χ0) is 19.0. The molecule has 6 nitrogen and oxygen atoms in total. The Morgan fingerprint density at radius 2 is 1.59 bits per heavy atom. The predicted octanol–water partition coefficient (Wildman–Crippen LogP) is 3.60. The maximum Gasteiger partial charge on any atom is 0.212 e. The van der Waals surface area contributed by atoms with Crippen molar-refractivity contribution < 1.29 is 8.42 Å². The first kappa shape index (κ1) is 17.2. The Labute approximate surface area is 157 Å². The molecule has 27 heavy (non-hydrogen) atoms. The molecule has 0 amide bonds. The maximum atomic E-state index is 13.2. The van der Waals surface area contributed by atoms with Crippen molar-refractivity contribution in [2.75, 3.05) is 5.73 Å². The number of benzene rings is 2. The van der Waals surface area contributed by atoms with Gasteiger partial charge in [-0.1, -0.05) is 55.5 Å². The third kappa shape index (κ3) is 2.86. The van der Waals surface area contributed by atoms with Crippen molar-refractivity contribution >= 4 is 26.7 Å². The monoisotopic (exact) mass is 378 g/mol. The molecule has 4 aromatic rings. The van der Waals surface area contributed by atoms with Crippen LogP contribution in [-0.2, 0) is 16.3 Å². The van der Waals surface area contributed by atoms with Crippen LogP contribution in [0.3, 0.4) is 0 Å². The second kappa shape index (κ2) is 6.51. The molecule has 0 saturated carbocycles. The van der Waals surface area contributed by atoms with Crippen LogP contribution in [-0.4, -0.2) is 23.4 Å². The van der Waals surface area contributed by atoms with Crippen molar-refractivity contribution in [1.82, 2.24) is 15.0 Å². The third-order valence-corrected chi connectivity index (χ3v) is 6.20. The topological polar surface area (TPSA) is 102 Å². The van der Waals surface area contributed by atoms with Crippen LogP contribution in [0.1, 0.15) is 12.7 Å². The number of anilines is 1. The molecule has 4 rings (SSSR count).